The van der Waals surface area contributed by atoms with Crippen molar-refractivity contribution in [3.05, 3.63) is 35.4 Å². The van der Waals surface area contributed by atoms with Gasteiger partial charge in [0, 0.05) is 32.9 Å². The summed E-state index contributed by atoms with van der Waals surface area (Å²) >= 11 is 0. The zero-order chi connectivity index (χ0) is 19.5. The molecule has 1 aromatic carbocycles. The highest BCUT2D eigenvalue weighted by Crippen LogP contribution is 2.13. The Bertz CT molecular complexity index is 690. The Morgan fingerprint density at radius 1 is 1.11 bits per heavy atom. The Kier molecular flexibility index (Phi) is 12.0. The van der Waals surface area contributed by atoms with Crippen LogP contribution in [-0.2, 0) is 27.7 Å². The smallest absolute Gasteiger partial charge is 0.191 e. The van der Waals surface area contributed by atoms with E-state index in [9.17, 15) is 8.42 Å². The summed E-state index contributed by atoms with van der Waals surface area (Å²) in [5.41, 5.74) is 2.56. The minimum absolute atomic E-state index is 0. The molecule has 0 aromatic heterocycles. The van der Waals surface area contributed by atoms with Crippen molar-refractivity contribution in [3.8, 4) is 0 Å². The number of nitrogens with one attached hydrogen (secondary N) is 2. The molecule has 1 aromatic rings. The Balaban J connectivity index is 0.00000392. The van der Waals surface area contributed by atoms with Gasteiger partial charge in [0.2, 0.25) is 0 Å². The molecule has 7 nitrogen and oxygen atoms in total. The number of hydrogen-bond acceptors (Lipinski definition) is 5. The molecule has 1 heterocycles. The number of benzene rings is 1. The molecule has 2 rings (SSSR count). The van der Waals surface area contributed by atoms with Crippen LogP contribution in [0.1, 0.15) is 24.0 Å². The first-order chi connectivity index (χ1) is 13.0. The number of sulfone groups is 1. The first-order valence-corrected chi connectivity index (χ1v) is 11.5. The van der Waals surface area contributed by atoms with E-state index in [1.165, 1.54) is 43.3 Å². The summed E-state index contributed by atoms with van der Waals surface area (Å²) in [7, 11) is -1.24. The van der Waals surface area contributed by atoms with Gasteiger partial charge in [-0.1, -0.05) is 24.3 Å². The number of aliphatic imine (C=N–C) groups is 1. The first kappa shape index (κ1) is 25.1. The fourth-order valence-electron chi connectivity index (χ4n) is 2.92. The summed E-state index contributed by atoms with van der Waals surface area (Å²) in [4.78, 5) is 6.68. The normalized spacial score (nSPS) is 15.3. The van der Waals surface area contributed by atoms with Gasteiger partial charge in [0.1, 0.15) is 9.84 Å². The molecule has 28 heavy (non-hydrogen) atoms. The molecule has 0 unspecified atom stereocenters. The van der Waals surface area contributed by atoms with Crippen LogP contribution in [0, 0.1) is 0 Å². The predicted octanol–water partition coefficient (Wildman–Crippen LogP) is 1.63. The minimum Gasteiger partial charge on any atom is -0.379 e. The first-order valence-electron chi connectivity index (χ1n) is 9.46. The number of ether oxygens (including phenoxy) is 1. The highest BCUT2D eigenvalue weighted by molar-refractivity contribution is 14.0. The number of halogens is 1. The van der Waals surface area contributed by atoms with Crippen molar-refractivity contribution in [2.45, 2.75) is 25.9 Å². The van der Waals surface area contributed by atoms with Crippen molar-refractivity contribution in [3.63, 3.8) is 0 Å². The maximum absolute atomic E-state index is 11.0. The zero-order valence-corrected chi connectivity index (χ0v) is 20.0. The van der Waals surface area contributed by atoms with Gasteiger partial charge in [-0.2, -0.15) is 0 Å². The van der Waals surface area contributed by atoms with Gasteiger partial charge in [-0.25, -0.2) is 8.42 Å². The molecule has 1 saturated heterocycles. The lowest BCUT2D eigenvalue weighted by Crippen LogP contribution is -2.38. The Morgan fingerprint density at radius 3 is 2.36 bits per heavy atom. The largest absolute Gasteiger partial charge is 0.379 e. The lowest BCUT2D eigenvalue weighted by atomic mass is 10.1. The molecule has 160 valence electrons. The van der Waals surface area contributed by atoms with Crippen LogP contribution in [0.15, 0.2) is 29.3 Å². The van der Waals surface area contributed by atoms with Crippen LogP contribution in [0.25, 0.3) is 0 Å². The van der Waals surface area contributed by atoms with E-state index in [0.29, 0.717) is 25.7 Å². The summed E-state index contributed by atoms with van der Waals surface area (Å²) in [5.74, 6) is 0.746. The summed E-state index contributed by atoms with van der Waals surface area (Å²) in [6.07, 6.45) is 3.84. The molecule has 9 heteroatoms. The molecule has 2 N–H and O–H groups in total. The third-order valence-corrected chi connectivity index (χ3v) is 5.36. The van der Waals surface area contributed by atoms with E-state index in [1.54, 1.807) is 7.05 Å². The second kappa shape index (κ2) is 13.3. The van der Waals surface area contributed by atoms with Gasteiger partial charge in [0.25, 0.3) is 0 Å². The van der Waals surface area contributed by atoms with Crippen LogP contribution >= 0.6 is 24.0 Å². The monoisotopic (exact) mass is 524 g/mol. The summed E-state index contributed by atoms with van der Waals surface area (Å²) in [6, 6.07) is 8.70. The predicted molar refractivity (Wildman–Crippen MR) is 125 cm³/mol. The fourth-order valence-corrected chi connectivity index (χ4v) is 3.34. The SMILES string of the molecule is CN=C(NCCOCCS(C)(=O)=O)NCc1ccc(CN2CCCC2)cc1.I. The maximum atomic E-state index is 11.0. The molecule has 0 bridgehead atoms. The van der Waals surface area contributed by atoms with Crippen LogP contribution in [0.3, 0.4) is 0 Å². The average molecular weight is 524 g/mol. The number of guanidine groups is 1. The average Bonchev–Trinajstić information content (AvgIpc) is 3.14. The van der Waals surface area contributed by atoms with Crippen LogP contribution in [0.5, 0.6) is 0 Å². The lowest BCUT2D eigenvalue weighted by molar-refractivity contribution is 0.154. The molecular weight excluding hydrogens is 491 g/mol. The molecule has 0 atom stereocenters. The van der Waals surface area contributed by atoms with Crippen molar-refractivity contribution in [1.29, 1.82) is 0 Å². The van der Waals surface area contributed by atoms with Gasteiger partial charge in [-0.15, -0.1) is 24.0 Å². The van der Waals surface area contributed by atoms with Gasteiger partial charge >= 0.3 is 0 Å². The van der Waals surface area contributed by atoms with E-state index < -0.39 is 9.84 Å². The van der Waals surface area contributed by atoms with Gasteiger partial charge in [-0.3, -0.25) is 9.89 Å². The fraction of sp³-hybridized carbons (Fsp3) is 0.632. The van der Waals surface area contributed by atoms with E-state index in [0.717, 1.165) is 6.54 Å². The van der Waals surface area contributed by atoms with E-state index in [-0.39, 0.29) is 36.3 Å². The Morgan fingerprint density at radius 2 is 1.75 bits per heavy atom. The standard InChI is InChI=1S/C19H32N4O3S.HI/c1-20-19(21-9-12-26-13-14-27(2,24)25)22-15-17-5-7-18(8-6-17)16-23-10-3-4-11-23;/h5-8H,3-4,9-16H2,1-2H3,(H2,20,21,22);1H. The van der Waals surface area contributed by atoms with Gasteiger partial charge in [0.15, 0.2) is 5.96 Å². The second-order valence-electron chi connectivity index (χ2n) is 6.89. The quantitative estimate of drug-likeness (QED) is 0.210. The second-order valence-corrected chi connectivity index (χ2v) is 9.15. The Hall–Kier alpha value is -0.910. The van der Waals surface area contributed by atoms with Gasteiger partial charge < -0.3 is 15.4 Å². The molecule has 1 aliphatic rings. The summed E-state index contributed by atoms with van der Waals surface area (Å²) in [6.45, 7) is 5.37. The highest BCUT2D eigenvalue weighted by Gasteiger charge is 2.11. The topological polar surface area (TPSA) is 83.0 Å². The lowest BCUT2D eigenvalue weighted by Gasteiger charge is -2.15. The molecular formula is C19H33IN4O3S. The molecule has 0 saturated carbocycles. The van der Waals surface area contributed by atoms with Crippen molar-refractivity contribution in [2.24, 2.45) is 4.99 Å². The number of hydrogen-bond donors (Lipinski definition) is 2. The maximum Gasteiger partial charge on any atom is 0.191 e. The van der Waals surface area contributed by atoms with Gasteiger partial charge in [0.05, 0.1) is 19.0 Å². The molecule has 0 amide bonds. The van der Waals surface area contributed by atoms with E-state index in [1.807, 2.05) is 0 Å². The molecule has 1 fully saturated rings. The van der Waals surface area contributed by atoms with Crippen LogP contribution in [-0.4, -0.2) is 71.2 Å². The molecule has 0 aliphatic carbocycles. The Labute approximate surface area is 186 Å². The number of likely N-dealkylation sites (tertiary alicyclic amines) is 1. The van der Waals surface area contributed by atoms with Crippen molar-refractivity contribution in [2.75, 3.05) is 51.9 Å². The van der Waals surface area contributed by atoms with E-state index >= 15 is 0 Å². The third kappa shape index (κ3) is 10.6. The van der Waals surface area contributed by atoms with E-state index in [2.05, 4.69) is 44.8 Å². The minimum atomic E-state index is -2.97. The number of nitrogens with zero attached hydrogens (tertiary/aromatic N) is 2. The zero-order valence-electron chi connectivity index (χ0n) is 16.8. The highest BCUT2D eigenvalue weighted by atomic mass is 127. The molecule has 1 aliphatic heterocycles. The molecule has 0 spiro atoms. The third-order valence-electron chi connectivity index (χ3n) is 4.45. The van der Waals surface area contributed by atoms with Gasteiger partial charge in [-0.05, 0) is 37.1 Å². The van der Waals surface area contributed by atoms with E-state index in [4.69, 9.17) is 4.74 Å². The summed E-state index contributed by atoms with van der Waals surface area (Å²) < 4.78 is 27.3. The van der Waals surface area contributed by atoms with Crippen LogP contribution in [0.2, 0.25) is 0 Å². The van der Waals surface area contributed by atoms with Crippen molar-refractivity contribution >= 4 is 39.8 Å². The van der Waals surface area contributed by atoms with Crippen molar-refractivity contribution in [1.82, 2.24) is 15.5 Å². The van der Waals surface area contributed by atoms with Crippen LogP contribution in [0.4, 0.5) is 0 Å². The number of rotatable bonds is 10. The summed E-state index contributed by atoms with van der Waals surface area (Å²) in [5, 5.41) is 6.43. The van der Waals surface area contributed by atoms with Crippen LogP contribution < -0.4 is 10.6 Å². The molecule has 0 radical (unpaired) electrons. The van der Waals surface area contributed by atoms with Crippen molar-refractivity contribution < 1.29 is 13.2 Å².